The van der Waals surface area contributed by atoms with Crippen LogP contribution in [0.25, 0.3) is 0 Å². The molecule has 0 saturated carbocycles. The molecule has 0 spiro atoms. The minimum Gasteiger partial charge on any atom is -0.491 e. The van der Waals surface area contributed by atoms with E-state index in [1.54, 1.807) is 0 Å². The molecule has 2 rings (SSSR count). The van der Waals surface area contributed by atoms with Gasteiger partial charge >= 0.3 is 0 Å². The second-order valence-corrected chi connectivity index (χ2v) is 4.40. The summed E-state index contributed by atoms with van der Waals surface area (Å²) in [5.41, 5.74) is 8.74. The van der Waals surface area contributed by atoms with E-state index < -0.39 is 0 Å². The van der Waals surface area contributed by atoms with Crippen LogP contribution in [0, 0.1) is 0 Å². The van der Waals surface area contributed by atoms with E-state index in [1.165, 1.54) is 17.5 Å². The number of ether oxygens (including phenoxy) is 2. The zero-order chi connectivity index (χ0) is 12.1. The highest BCUT2D eigenvalue weighted by Gasteiger charge is 2.17. The molecule has 1 aromatic rings. The molecule has 0 aliphatic heterocycles. The molecule has 0 radical (unpaired) electrons. The summed E-state index contributed by atoms with van der Waals surface area (Å²) in [5.74, 6) is 0.904. The average molecular weight is 235 g/mol. The van der Waals surface area contributed by atoms with Crippen molar-refractivity contribution in [3.05, 3.63) is 29.3 Å². The first-order valence-corrected chi connectivity index (χ1v) is 6.40. The maximum atomic E-state index is 6.11. The van der Waals surface area contributed by atoms with E-state index in [-0.39, 0.29) is 6.04 Å². The van der Waals surface area contributed by atoms with Gasteiger partial charge in [-0.3, -0.25) is 0 Å². The van der Waals surface area contributed by atoms with Crippen molar-refractivity contribution in [3.8, 4) is 5.75 Å². The fraction of sp³-hybridized carbons (Fsp3) is 0.571. The molecule has 0 heterocycles. The maximum absolute atomic E-state index is 6.11. The number of rotatable bonds is 5. The Kier molecular flexibility index (Phi) is 4.40. The molecule has 1 atom stereocenters. The van der Waals surface area contributed by atoms with Crippen molar-refractivity contribution in [1.29, 1.82) is 0 Å². The van der Waals surface area contributed by atoms with Crippen molar-refractivity contribution >= 4 is 0 Å². The van der Waals surface area contributed by atoms with Gasteiger partial charge in [0.1, 0.15) is 12.4 Å². The van der Waals surface area contributed by atoms with Crippen LogP contribution < -0.4 is 10.5 Å². The van der Waals surface area contributed by atoms with Gasteiger partial charge in [0, 0.05) is 12.6 Å². The fourth-order valence-electron chi connectivity index (χ4n) is 2.27. The highest BCUT2D eigenvalue weighted by Crippen LogP contribution is 2.30. The molecule has 2 N–H and O–H groups in total. The molecule has 3 heteroatoms. The quantitative estimate of drug-likeness (QED) is 0.797. The molecule has 3 nitrogen and oxygen atoms in total. The lowest BCUT2D eigenvalue weighted by Crippen LogP contribution is -2.17. The molecule has 1 aliphatic rings. The monoisotopic (exact) mass is 235 g/mol. The Morgan fingerprint density at radius 3 is 3.06 bits per heavy atom. The summed E-state index contributed by atoms with van der Waals surface area (Å²) >= 11 is 0. The Morgan fingerprint density at radius 1 is 1.35 bits per heavy atom. The normalized spacial score (nSPS) is 18.8. The van der Waals surface area contributed by atoms with Gasteiger partial charge < -0.3 is 15.2 Å². The fourth-order valence-corrected chi connectivity index (χ4v) is 2.27. The van der Waals surface area contributed by atoms with Crippen LogP contribution in [0.2, 0.25) is 0 Å². The molecule has 0 bridgehead atoms. The third-order valence-corrected chi connectivity index (χ3v) is 3.18. The number of hydrogen-bond donors (Lipinski definition) is 1. The van der Waals surface area contributed by atoms with Gasteiger partial charge in [-0.15, -0.1) is 0 Å². The number of aryl methyl sites for hydroxylation is 1. The molecule has 0 saturated heterocycles. The minimum absolute atomic E-state index is 0.175. The topological polar surface area (TPSA) is 44.5 Å². The van der Waals surface area contributed by atoms with Crippen molar-refractivity contribution < 1.29 is 9.47 Å². The molecular formula is C14H21NO2. The second-order valence-electron chi connectivity index (χ2n) is 4.40. The maximum Gasteiger partial charge on any atom is 0.119 e. The summed E-state index contributed by atoms with van der Waals surface area (Å²) in [5, 5.41) is 0. The van der Waals surface area contributed by atoms with E-state index >= 15 is 0 Å². The summed E-state index contributed by atoms with van der Waals surface area (Å²) in [7, 11) is 0. The largest absolute Gasteiger partial charge is 0.491 e. The molecule has 1 aromatic carbocycles. The predicted octanol–water partition coefficient (Wildman–Crippen LogP) is 2.44. The first-order chi connectivity index (χ1) is 8.31. The van der Waals surface area contributed by atoms with Crippen LogP contribution in [-0.4, -0.2) is 19.8 Å². The standard InChI is InChI=1S/C14H21NO2/c1-2-16-8-9-17-12-7-6-11-4-3-5-14(15)13(11)10-12/h6-7,10,14H,2-5,8-9,15H2,1H3/t14-/m0/s1. The number of benzene rings is 1. The lowest BCUT2D eigenvalue weighted by atomic mass is 9.88. The SMILES string of the molecule is CCOCCOc1ccc2c(c1)[C@@H](N)CCC2. The molecule has 1 aliphatic carbocycles. The van der Waals surface area contributed by atoms with Crippen LogP contribution in [0.5, 0.6) is 5.75 Å². The Bertz CT molecular complexity index is 365. The summed E-state index contributed by atoms with van der Waals surface area (Å²) in [4.78, 5) is 0. The van der Waals surface area contributed by atoms with E-state index in [1.807, 2.05) is 13.0 Å². The zero-order valence-electron chi connectivity index (χ0n) is 10.4. The van der Waals surface area contributed by atoms with E-state index in [2.05, 4.69) is 12.1 Å². The summed E-state index contributed by atoms with van der Waals surface area (Å²) in [6, 6.07) is 6.44. The van der Waals surface area contributed by atoms with Crippen molar-refractivity contribution in [2.24, 2.45) is 5.73 Å². The third kappa shape index (κ3) is 3.20. The van der Waals surface area contributed by atoms with Crippen LogP contribution in [0.3, 0.4) is 0 Å². The van der Waals surface area contributed by atoms with E-state index in [0.29, 0.717) is 13.2 Å². The van der Waals surface area contributed by atoms with E-state index in [9.17, 15) is 0 Å². The molecule has 17 heavy (non-hydrogen) atoms. The van der Waals surface area contributed by atoms with Gasteiger partial charge in [0.15, 0.2) is 0 Å². The van der Waals surface area contributed by atoms with E-state index in [4.69, 9.17) is 15.2 Å². The zero-order valence-corrected chi connectivity index (χ0v) is 10.4. The molecule has 0 unspecified atom stereocenters. The molecule has 0 aromatic heterocycles. The first kappa shape index (κ1) is 12.4. The number of hydrogen-bond acceptors (Lipinski definition) is 3. The Balaban J connectivity index is 1.97. The lowest BCUT2D eigenvalue weighted by Gasteiger charge is -2.22. The van der Waals surface area contributed by atoms with Gasteiger partial charge in [-0.2, -0.15) is 0 Å². The smallest absolute Gasteiger partial charge is 0.119 e. The predicted molar refractivity (Wildman–Crippen MR) is 68.3 cm³/mol. The molecule has 0 amide bonds. The summed E-state index contributed by atoms with van der Waals surface area (Å²) < 4.78 is 10.9. The minimum atomic E-state index is 0.175. The second kappa shape index (κ2) is 6.03. The lowest BCUT2D eigenvalue weighted by molar-refractivity contribution is 0.110. The van der Waals surface area contributed by atoms with Gasteiger partial charge in [-0.25, -0.2) is 0 Å². The van der Waals surface area contributed by atoms with Crippen LogP contribution in [0.15, 0.2) is 18.2 Å². The first-order valence-electron chi connectivity index (χ1n) is 6.40. The van der Waals surface area contributed by atoms with Gasteiger partial charge in [0.05, 0.1) is 6.61 Å². The van der Waals surface area contributed by atoms with Crippen LogP contribution in [0.4, 0.5) is 0 Å². The van der Waals surface area contributed by atoms with Crippen LogP contribution in [-0.2, 0) is 11.2 Å². The third-order valence-electron chi connectivity index (χ3n) is 3.18. The average Bonchev–Trinajstić information content (AvgIpc) is 2.36. The summed E-state index contributed by atoms with van der Waals surface area (Å²) in [6.07, 6.45) is 3.41. The van der Waals surface area contributed by atoms with E-state index in [0.717, 1.165) is 25.2 Å². The van der Waals surface area contributed by atoms with Crippen molar-refractivity contribution in [3.63, 3.8) is 0 Å². The van der Waals surface area contributed by atoms with Gasteiger partial charge in [0.2, 0.25) is 0 Å². The Hall–Kier alpha value is -1.06. The van der Waals surface area contributed by atoms with Crippen molar-refractivity contribution in [1.82, 2.24) is 0 Å². The number of fused-ring (bicyclic) bond motifs is 1. The van der Waals surface area contributed by atoms with Crippen molar-refractivity contribution in [2.45, 2.75) is 32.2 Å². The van der Waals surface area contributed by atoms with Crippen LogP contribution >= 0.6 is 0 Å². The molecular weight excluding hydrogens is 214 g/mol. The van der Waals surface area contributed by atoms with Gasteiger partial charge in [-0.1, -0.05) is 6.07 Å². The number of nitrogens with two attached hydrogens (primary N) is 1. The highest BCUT2D eigenvalue weighted by molar-refractivity contribution is 5.39. The molecule has 94 valence electrons. The van der Waals surface area contributed by atoms with Crippen molar-refractivity contribution in [2.75, 3.05) is 19.8 Å². The Labute approximate surface area is 103 Å². The van der Waals surface area contributed by atoms with Gasteiger partial charge in [-0.05, 0) is 49.4 Å². The molecule has 0 fully saturated rings. The highest BCUT2D eigenvalue weighted by atomic mass is 16.5. The summed E-state index contributed by atoms with van der Waals surface area (Å²) in [6.45, 7) is 3.96. The van der Waals surface area contributed by atoms with Gasteiger partial charge in [0.25, 0.3) is 0 Å². The Morgan fingerprint density at radius 2 is 2.24 bits per heavy atom. The van der Waals surface area contributed by atoms with Crippen LogP contribution in [0.1, 0.15) is 36.9 Å².